The van der Waals surface area contributed by atoms with E-state index < -0.39 is 10.0 Å². The Kier molecular flexibility index (Phi) is 5.21. The van der Waals surface area contributed by atoms with Crippen molar-refractivity contribution in [1.82, 2.24) is 4.31 Å². The third-order valence-corrected chi connectivity index (χ3v) is 5.47. The Balaban J connectivity index is 2.67. The summed E-state index contributed by atoms with van der Waals surface area (Å²) in [4.78, 5) is 0. The summed E-state index contributed by atoms with van der Waals surface area (Å²) in [6.45, 7) is 4.41. The Labute approximate surface area is 99.2 Å². The monoisotopic (exact) mass is 248 g/mol. The smallest absolute Gasteiger partial charge is 0.214 e. The second kappa shape index (κ2) is 5.98. The van der Waals surface area contributed by atoms with Crippen LogP contribution in [0.15, 0.2) is 0 Å². The Hall–Kier alpha value is -0.130. The molecule has 1 aliphatic carbocycles. The van der Waals surface area contributed by atoms with Gasteiger partial charge in [0.05, 0.1) is 5.75 Å². The fourth-order valence-corrected chi connectivity index (χ4v) is 4.26. The minimum absolute atomic E-state index is 0.182. The molecule has 5 heteroatoms. The zero-order valence-corrected chi connectivity index (χ0v) is 11.2. The van der Waals surface area contributed by atoms with Crippen molar-refractivity contribution >= 4 is 10.0 Å². The second-order valence-electron chi connectivity index (χ2n) is 4.59. The summed E-state index contributed by atoms with van der Waals surface area (Å²) in [6.07, 6.45) is 4.41. The molecule has 1 aliphatic rings. The Morgan fingerprint density at radius 1 is 1.19 bits per heavy atom. The van der Waals surface area contributed by atoms with Crippen LogP contribution in [0.1, 0.15) is 46.0 Å². The van der Waals surface area contributed by atoms with Gasteiger partial charge < -0.3 is 5.73 Å². The molecule has 0 saturated heterocycles. The van der Waals surface area contributed by atoms with Gasteiger partial charge in [0.2, 0.25) is 10.0 Å². The van der Waals surface area contributed by atoms with E-state index in [0.29, 0.717) is 13.0 Å². The molecule has 0 aromatic rings. The molecule has 0 aromatic heterocycles. The molecule has 2 N–H and O–H groups in total. The van der Waals surface area contributed by atoms with E-state index in [1.54, 1.807) is 4.31 Å². The molecule has 0 heterocycles. The van der Waals surface area contributed by atoms with Crippen LogP contribution in [0.4, 0.5) is 0 Å². The van der Waals surface area contributed by atoms with Gasteiger partial charge in [-0.05, 0) is 32.1 Å². The Morgan fingerprint density at radius 3 is 2.19 bits per heavy atom. The van der Waals surface area contributed by atoms with Gasteiger partial charge in [0.25, 0.3) is 0 Å². The molecule has 1 fully saturated rings. The number of nitrogens with zero attached hydrogens (tertiary/aromatic N) is 1. The fraction of sp³-hybridized carbons (Fsp3) is 1.00. The zero-order valence-electron chi connectivity index (χ0n) is 10.4. The van der Waals surface area contributed by atoms with Crippen LogP contribution in [0.3, 0.4) is 0 Å². The minimum atomic E-state index is -3.05. The van der Waals surface area contributed by atoms with E-state index in [1.165, 1.54) is 0 Å². The molecular formula is C11H24N2O2S. The van der Waals surface area contributed by atoms with Crippen molar-refractivity contribution in [3.05, 3.63) is 0 Å². The lowest BCUT2D eigenvalue weighted by Crippen LogP contribution is -2.44. The van der Waals surface area contributed by atoms with E-state index in [9.17, 15) is 8.42 Å². The molecule has 4 nitrogen and oxygen atoms in total. The molecule has 16 heavy (non-hydrogen) atoms. The van der Waals surface area contributed by atoms with Crippen LogP contribution < -0.4 is 5.73 Å². The van der Waals surface area contributed by atoms with Crippen LogP contribution in [0, 0.1) is 0 Å². The second-order valence-corrected chi connectivity index (χ2v) is 6.63. The molecule has 0 radical (unpaired) electrons. The van der Waals surface area contributed by atoms with E-state index in [4.69, 9.17) is 5.73 Å². The topological polar surface area (TPSA) is 63.4 Å². The maximum atomic E-state index is 12.0. The maximum Gasteiger partial charge on any atom is 0.214 e. The molecule has 1 rings (SSSR count). The van der Waals surface area contributed by atoms with Crippen molar-refractivity contribution in [1.29, 1.82) is 0 Å². The first-order chi connectivity index (χ1) is 7.51. The minimum Gasteiger partial charge on any atom is -0.328 e. The van der Waals surface area contributed by atoms with Crippen molar-refractivity contribution in [3.8, 4) is 0 Å². The van der Waals surface area contributed by atoms with Gasteiger partial charge in [-0.2, -0.15) is 4.31 Å². The van der Waals surface area contributed by atoms with Crippen molar-refractivity contribution in [2.75, 3.05) is 12.3 Å². The quantitative estimate of drug-likeness (QED) is 0.798. The van der Waals surface area contributed by atoms with E-state index in [-0.39, 0.29) is 17.8 Å². The van der Waals surface area contributed by atoms with Gasteiger partial charge in [-0.1, -0.05) is 13.8 Å². The summed E-state index contributed by atoms with van der Waals surface area (Å²) in [6, 6.07) is 0.449. The Bertz CT molecular complexity index is 295. The average Bonchev–Trinajstić information content (AvgIpc) is 2.21. The lowest BCUT2D eigenvalue weighted by atomic mass is 9.92. The van der Waals surface area contributed by atoms with Gasteiger partial charge in [0.1, 0.15) is 0 Å². The van der Waals surface area contributed by atoms with E-state index in [1.807, 2.05) is 13.8 Å². The summed E-state index contributed by atoms with van der Waals surface area (Å²) in [5.41, 5.74) is 5.84. The van der Waals surface area contributed by atoms with Crippen LogP contribution in [-0.2, 0) is 10.0 Å². The Morgan fingerprint density at radius 2 is 1.75 bits per heavy atom. The van der Waals surface area contributed by atoms with Crippen molar-refractivity contribution in [2.24, 2.45) is 5.73 Å². The zero-order chi connectivity index (χ0) is 12.2. The summed E-state index contributed by atoms with van der Waals surface area (Å²) in [7, 11) is -3.05. The number of rotatable bonds is 5. The largest absolute Gasteiger partial charge is 0.328 e. The van der Waals surface area contributed by atoms with Crippen LogP contribution in [0.5, 0.6) is 0 Å². The molecule has 0 amide bonds. The van der Waals surface area contributed by atoms with E-state index >= 15 is 0 Å². The van der Waals surface area contributed by atoms with Gasteiger partial charge in [-0.3, -0.25) is 0 Å². The molecule has 0 aromatic carbocycles. The SMILES string of the molecule is CCCS(=O)(=O)N(CC)C1CCC(N)CC1. The highest BCUT2D eigenvalue weighted by Crippen LogP contribution is 2.24. The first-order valence-electron chi connectivity index (χ1n) is 6.26. The molecule has 0 spiro atoms. The van der Waals surface area contributed by atoms with Gasteiger partial charge in [-0.25, -0.2) is 8.42 Å². The summed E-state index contributed by atoms with van der Waals surface area (Å²) in [5.74, 6) is 0.267. The molecule has 1 saturated carbocycles. The molecule has 96 valence electrons. The average molecular weight is 248 g/mol. The summed E-state index contributed by atoms with van der Waals surface area (Å²) >= 11 is 0. The predicted molar refractivity (Wildman–Crippen MR) is 66.7 cm³/mol. The first kappa shape index (κ1) is 13.9. The highest BCUT2D eigenvalue weighted by Gasteiger charge is 2.30. The molecule has 0 aliphatic heterocycles. The van der Waals surface area contributed by atoms with E-state index in [2.05, 4.69) is 0 Å². The van der Waals surface area contributed by atoms with Crippen molar-refractivity contribution in [2.45, 2.75) is 58.0 Å². The lowest BCUT2D eigenvalue weighted by molar-refractivity contribution is 0.247. The van der Waals surface area contributed by atoms with Crippen LogP contribution in [0.25, 0.3) is 0 Å². The highest BCUT2D eigenvalue weighted by molar-refractivity contribution is 7.89. The highest BCUT2D eigenvalue weighted by atomic mass is 32.2. The molecule has 0 bridgehead atoms. The third-order valence-electron chi connectivity index (χ3n) is 3.28. The van der Waals surface area contributed by atoms with Crippen LogP contribution in [0.2, 0.25) is 0 Å². The van der Waals surface area contributed by atoms with Gasteiger partial charge in [0, 0.05) is 18.6 Å². The standard InChI is InChI=1S/C11H24N2O2S/c1-3-9-16(14,15)13(4-2)11-7-5-10(12)6-8-11/h10-11H,3-9,12H2,1-2H3. The van der Waals surface area contributed by atoms with Gasteiger partial charge >= 0.3 is 0 Å². The number of sulfonamides is 1. The van der Waals surface area contributed by atoms with Gasteiger partial charge in [0.15, 0.2) is 0 Å². The number of hydrogen-bond donors (Lipinski definition) is 1. The summed E-state index contributed by atoms with van der Waals surface area (Å²) in [5, 5.41) is 0. The van der Waals surface area contributed by atoms with Gasteiger partial charge in [-0.15, -0.1) is 0 Å². The van der Waals surface area contributed by atoms with Crippen molar-refractivity contribution in [3.63, 3.8) is 0 Å². The lowest BCUT2D eigenvalue weighted by Gasteiger charge is -2.34. The van der Waals surface area contributed by atoms with Crippen LogP contribution >= 0.6 is 0 Å². The summed E-state index contributed by atoms with van der Waals surface area (Å²) < 4.78 is 25.8. The molecule has 0 unspecified atom stereocenters. The molecule has 0 atom stereocenters. The van der Waals surface area contributed by atoms with Crippen molar-refractivity contribution < 1.29 is 8.42 Å². The molecular weight excluding hydrogens is 224 g/mol. The predicted octanol–water partition coefficient (Wildman–Crippen LogP) is 1.32. The normalized spacial score (nSPS) is 27.2. The first-order valence-corrected chi connectivity index (χ1v) is 7.87. The number of nitrogens with two attached hydrogens (primary N) is 1. The number of hydrogen-bond acceptors (Lipinski definition) is 3. The van der Waals surface area contributed by atoms with E-state index in [0.717, 1.165) is 25.7 Å². The maximum absolute atomic E-state index is 12.0. The van der Waals surface area contributed by atoms with Crippen LogP contribution in [-0.4, -0.2) is 37.1 Å². The fourth-order valence-electron chi connectivity index (χ4n) is 2.45. The third kappa shape index (κ3) is 3.43.